The van der Waals surface area contributed by atoms with E-state index in [1.54, 1.807) is 7.05 Å². The van der Waals surface area contributed by atoms with Crippen molar-refractivity contribution in [3.8, 4) is 11.3 Å². The van der Waals surface area contributed by atoms with E-state index in [1.807, 2.05) is 36.4 Å². The number of rotatable bonds is 0. The number of hydrogen-bond donors (Lipinski definition) is 0. The second-order valence-electron chi connectivity index (χ2n) is 3.73. The van der Waals surface area contributed by atoms with E-state index in [2.05, 4.69) is 17.1 Å². The number of fused-ring (bicyclic) bond motifs is 2. The molecule has 0 saturated carbocycles. The maximum Gasteiger partial charge on any atom is 0.136 e. The van der Waals surface area contributed by atoms with Crippen LogP contribution in [0.4, 0.5) is 0 Å². The molecule has 16 heavy (non-hydrogen) atoms. The van der Waals surface area contributed by atoms with Crippen LogP contribution in [-0.4, -0.2) is 7.05 Å². The Morgan fingerprint density at radius 1 is 1.00 bits per heavy atom. The first-order chi connectivity index (χ1) is 7.86. The molecule has 2 aliphatic rings. The van der Waals surface area contributed by atoms with Crippen molar-refractivity contribution in [2.24, 2.45) is 4.99 Å². The summed E-state index contributed by atoms with van der Waals surface area (Å²) >= 11 is 0. The van der Waals surface area contributed by atoms with Crippen LogP contribution in [0.2, 0.25) is 0 Å². The standard InChI is InChI=1S/C14H11NO/c1-15-12-7-6-11-8-10-4-2-3-5-13(10)16-14(11)9-12/h2-9H,1H3. The largest absolute Gasteiger partial charge is 0.456 e. The molecule has 1 aromatic rings. The van der Waals surface area contributed by atoms with Crippen LogP contribution in [0.1, 0.15) is 0 Å². The van der Waals surface area contributed by atoms with Gasteiger partial charge >= 0.3 is 0 Å². The summed E-state index contributed by atoms with van der Waals surface area (Å²) in [5.41, 5.74) is 2.01. The van der Waals surface area contributed by atoms with Crippen LogP contribution >= 0.6 is 0 Å². The number of benzene rings is 2. The minimum absolute atomic E-state index is 0.877. The molecular weight excluding hydrogens is 198 g/mol. The molecule has 78 valence electrons. The summed E-state index contributed by atoms with van der Waals surface area (Å²) in [6.45, 7) is 0. The maximum absolute atomic E-state index is 5.83. The van der Waals surface area contributed by atoms with E-state index in [1.165, 1.54) is 0 Å². The van der Waals surface area contributed by atoms with E-state index in [-0.39, 0.29) is 0 Å². The predicted octanol–water partition coefficient (Wildman–Crippen LogP) is 3.07. The zero-order chi connectivity index (χ0) is 11.0. The molecule has 0 atom stereocenters. The van der Waals surface area contributed by atoms with Crippen LogP contribution < -0.4 is 5.36 Å². The SMILES string of the molecule is CN=c1ccc2cc3ccccc3oc-2c1. The Balaban J connectivity index is 2.44. The molecule has 0 amide bonds. The monoisotopic (exact) mass is 209 g/mol. The Labute approximate surface area is 93.2 Å². The van der Waals surface area contributed by atoms with Crippen molar-refractivity contribution >= 4 is 11.0 Å². The Morgan fingerprint density at radius 2 is 1.88 bits per heavy atom. The second kappa shape index (κ2) is 3.49. The van der Waals surface area contributed by atoms with E-state index in [9.17, 15) is 0 Å². The molecule has 0 aromatic heterocycles. The van der Waals surface area contributed by atoms with Gasteiger partial charge in [-0.15, -0.1) is 0 Å². The first-order valence-electron chi connectivity index (χ1n) is 5.22. The molecule has 0 N–H and O–H groups in total. The lowest BCUT2D eigenvalue weighted by Gasteiger charge is -2.06. The Morgan fingerprint density at radius 3 is 2.75 bits per heavy atom. The molecule has 1 aromatic carbocycles. The Bertz CT molecular complexity index is 682. The maximum atomic E-state index is 5.83. The summed E-state index contributed by atoms with van der Waals surface area (Å²) in [6, 6.07) is 16.1. The van der Waals surface area contributed by atoms with Crippen LogP contribution in [0.5, 0.6) is 0 Å². The molecule has 1 heterocycles. The van der Waals surface area contributed by atoms with E-state index < -0.39 is 0 Å². The van der Waals surface area contributed by atoms with Gasteiger partial charge < -0.3 is 4.42 Å². The molecule has 3 rings (SSSR count). The number of para-hydroxylation sites is 1. The van der Waals surface area contributed by atoms with Gasteiger partial charge in [0.05, 0.1) is 5.36 Å². The van der Waals surface area contributed by atoms with Gasteiger partial charge in [-0.25, -0.2) is 0 Å². The molecule has 1 aliphatic carbocycles. The highest BCUT2D eigenvalue weighted by molar-refractivity contribution is 5.82. The third-order valence-corrected chi connectivity index (χ3v) is 2.71. The summed E-state index contributed by atoms with van der Waals surface area (Å²) in [7, 11) is 1.78. The van der Waals surface area contributed by atoms with Crippen molar-refractivity contribution in [3.63, 3.8) is 0 Å². The summed E-state index contributed by atoms with van der Waals surface area (Å²) in [6.07, 6.45) is 0. The fourth-order valence-corrected chi connectivity index (χ4v) is 1.85. The fourth-order valence-electron chi connectivity index (χ4n) is 1.85. The molecule has 0 spiro atoms. The summed E-state index contributed by atoms with van der Waals surface area (Å²) in [4.78, 5) is 4.14. The van der Waals surface area contributed by atoms with E-state index in [4.69, 9.17) is 4.42 Å². The predicted molar refractivity (Wildman–Crippen MR) is 64.3 cm³/mol. The van der Waals surface area contributed by atoms with Crippen molar-refractivity contribution in [1.29, 1.82) is 0 Å². The van der Waals surface area contributed by atoms with Crippen molar-refractivity contribution in [3.05, 3.63) is 53.9 Å². The highest BCUT2D eigenvalue weighted by atomic mass is 16.3. The first kappa shape index (κ1) is 9.16. The molecule has 0 radical (unpaired) electrons. The Hall–Kier alpha value is -2.09. The van der Waals surface area contributed by atoms with Gasteiger partial charge in [-0.3, -0.25) is 4.99 Å². The second-order valence-corrected chi connectivity index (χ2v) is 3.73. The topological polar surface area (TPSA) is 25.5 Å². The van der Waals surface area contributed by atoms with Gasteiger partial charge in [0.1, 0.15) is 11.3 Å². The lowest BCUT2D eigenvalue weighted by atomic mass is 10.1. The average Bonchev–Trinajstić information content (AvgIpc) is 2.35. The van der Waals surface area contributed by atoms with Gasteiger partial charge in [-0.05, 0) is 24.3 Å². The van der Waals surface area contributed by atoms with Crippen LogP contribution in [0.3, 0.4) is 0 Å². The van der Waals surface area contributed by atoms with Crippen LogP contribution in [0.25, 0.3) is 22.3 Å². The van der Waals surface area contributed by atoms with Gasteiger partial charge in [0.2, 0.25) is 0 Å². The lowest BCUT2D eigenvalue weighted by Crippen LogP contribution is -2.00. The van der Waals surface area contributed by atoms with Gasteiger partial charge in [0.25, 0.3) is 0 Å². The van der Waals surface area contributed by atoms with Gasteiger partial charge in [-0.2, -0.15) is 0 Å². The molecule has 1 aliphatic heterocycles. The third kappa shape index (κ3) is 1.39. The third-order valence-electron chi connectivity index (χ3n) is 2.71. The minimum atomic E-state index is 0.877. The first-order valence-corrected chi connectivity index (χ1v) is 5.22. The summed E-state index contributed by atoms with van der Waals surface area (Å²) < 4.78 is 5.83. The van der Waals surface area contributed by atoms with Crippen LogP contribution in [-0.2, 0) is 0 Å². The molecule has 0 fully saturated rings. The summed E-state index contributed by atoms with van der Waals surface area (Å²) in [5, 5.41) is 2.06. The normalized spacial score (nSPS) is 12.4. The quantitative estimate of drug-likeness (QED) is 0.522. The molecule has 2 nitrogen and oxygen atoms in total. The number of nitrogens with zero attached hydrogens (tertiary/aromatic N) is 1. The van der Waals surface area contributed by atoms with Crippen molar-refractivity contribution in [2.45, 2.75) is 0 Å². The molecule has 0 unspecified atom stereocenters. The molecule has 0 saturated heterocycles. The zero-order valence-corrected chi connectivity index (χ0v) is 8.97. The van der Waals surface area contributed by atoms with Crippen molar-refractivity contribution < 1.29 is 4.42 Å². The van der Waals surface area contributed by atoms with Crippen molar-refractivity contribution in [2.75, 3.05) is 7.05 Å². The molecule has 2 heteroatoms. The smallest absolute Gasteiger partial charge is 0.136 e. The van der Waals surface area contributed by atoms with Gasteiger partial charge in [-0.1, -0.05) is 18.2 Å². The minimum Gasteiger partial charge on any atom is -0.456 e. The van der Waals surface area contributed by atoms with Gasteiger partial charge in [0.15, 0.2) is 0 Å². The van der Waals surface area contributed by atoms with E-state index in [0.29, 0.717) is 0 Å². The molecule has 0 bridgehead atoms. The fraction of sp³-hybridized carbons (Fsp3) is 0.0714. The van der Waals surface area contributed by atoms with Crippen molar-refractivity contribution in [1.82, 2.24) is 0 Å². The lowest BCUT2D eigenvalue weighted by molar-refractivity contribution is 0.618. The van der Waals surface area contributed by atoms with Gasteiger partial charge in [0, 0.05) is 24.1 Å². The zero-order valence-electron chi connectivity index (χ0n) is 8.97. The van der Waals surface area contributed by atoms with Crippen LogP contribution in [0.15, 0.2) is 57.9 Å². The summed E-state index contributed by atoms with van der Waals surface area (Å²) in [5.74, 6) is 0.877. The van der Waals surface area contributed by atoms with E-state index >= 15 is 0 Å². The van der Waals surface area contributed by atoms with Crippen LogP contribution in [0, 0.1) is 0 Å². The number of hydrogen-bond acceptors (Lipinski definition) is 2. The van der Waals surface area contributed by atoms with E-state index in [0.717, 1.165) is 27.7 Å². The highest BCUT2D eigenvalue weighted by Crippen LogP contribution is 2.26. The Kier molecular flexibility index (Phi) is 2.00. The highest BCUT2D eigenvalue weighted by Gasteiger charge is 2.05. The molecular formula is C14H11NO. The average molecular weight is 209 g/mol.